The van der Waals surface area contributed by atoms with Gasteiger partial charge in [-0.05, 0) is 49.1 Å². The fourth-order valence-electron chi connectivity index (χ4n) is 3.26. The Morgan fingerprint density at radius 3 is 2.61 bits per heavy atom. The molecule has 1 aromatic heterocycles. The van der Waals surface area contributed by atoms with E-state index in [4.69, 9.17) is 0 Å². The molecule has 0 amide bonds. The van der Waals surface area contributed by atoms with E-state index in [0.29, 0.717) is 0 Å². The molecule has 1 aliphatic rings. The maximum absolute atomic E-state index is 3.57. The molecule has 0 radical (unpaired) electrons. The summed E-state index contributed by atoms with van der Waals surface area (Å²) in [6.07, 6.45) is 4.23. The molecule has 116 valence electrons. The van der Waals surface area contributed by atoms with Crippen LogP contribution in [0.15, 0.2) is 72.1 Å². The minimum atomic E-state index is 0.952. The van der Waals surface area contributed by atoms with Gasteiger partial charge in [-0.2, -0.15) is 0 Å². The minimum absolute atomic E-state index is 0.952. The number of aromatic amines is 1. The number of anilines is 1. The van der Waals surface area contributed by atoms with E-state index in [1.807, 2.05) is 0 Å². The van der Waals surface area contributed by atoms with E-state index in [2.05, 4.69) is 83.1 Å². The van der Waals surface area contributed by atoms with Gasteiger partial charge < -0.3 is 10.4 Å². The molecule has 4 rings (SSSR count). The lowest BCUT2D eigenvalue weighted by molar-refractivity contribution is 0.757. The van der Waals surface area contributed by atoms with Crippen LogP contribution in [-0.2, 0) is 6.42 Å². The van der Waals surface area contributed by atoms with Gasteiger partial charge in [-0.15, -0.1) is 0 Å². The number of H-pyrrole nitrogens is 1. The van der Waals surface area contributed by atoms with Gasteiger partial charge in [0.2, 0.25) is 0 Å². The van der Waals surface area contributed by atoms with Crippen LogP contribution in [0.25, 0.3) is 10.9 Å². The number of benzene rings is 2. The molecule has 2 N–H and O–H groups in total. The van der Waals surface area contributed by atoms with Gasteiger partial charge in [-0.25, -0.2) is 0 Å². The van der Waals surface area contributed by atoms with Crippen molar-refractivity contribution < 1.29 is 0 Å². The molecule has 23 heavy (non-hydrogen) atoms. The molecule has 1 aliphatic heterocycles. The van der Waals surface area contributed by atoms with Gasteiger partial charge in [-0.3, -0.25) is 5.01 Å². The molecule has 0 spiro atoms. The number of para-hydroxylation sites is 2. The molecule has 0 aliphatic carbocycles. The first kappa shape index (κ1) is 13.9. The van der Waals surface area contributed by atoms with Crippen molar-refractivity contribution >= 4 is 16.6 Å². The monoisotopic (exact) mass is 303 g/mol. The van der Waals surface area contributed by atoms with Crippen LogP contribution in [0.5, 0.6) is 0 Å². The van der Waals surface area contributed by atoms with Crippen molar-refractivity contribution in [3.05, 3.63) is 77.6 Å². The summed E-state index contributed by atoms with van der Waals surface area (Å²) in [6, 6.07) is 19.0. The summed E-state index contributed by atoms with van der Waals surface area (Å²) in [7, 11) is 0. The predicted octanol–water partition coefficient (Wildman–Crippen LogP) is 4.40. The van der Waals surface area contributed by atoms with Crippen molar-refractivity contribution in [1.82, 2.24) is 10.4 Å². The number of hydrogen-bond acceptors (Lipinski definition) is 2. The van der Waals surface area contributed by atoms with E-state index >= 15 is 0 Å². The number of rotatable bonds is 4. The van der Waals surface area contributed by atoms with Gasteiger partial charge in [0.05, 0.1) is 12.2 Å². The quantitative estimate of drug-likeness (QED) is 0.748. The van der Waals surface area contributed by atoms with Crippen LogP contribution in [0.2, 0.25) is 0 Å². The van der Waals surface area contributed by atoms with Gasteiger partial charge in [0, 0.05) is 22.8 Å². The van der Waals surface area contributed by atoms with Gasteiger partial charge in [-0.1, -0.05) is 36.4 Å². The van der Waals surface area contributed by atoms with E-state index in [9.17, 15) is 0 Å². The molecular formula is C20H21N3. The minimum Gasteiger partial charge on any atom is -0.361 e. The number of aryl methyl sites for hydroxylation is 1. The Morgan fingerprint density at radius 1 is 0.957 bits per heavy atom. The number of hydrogen-bond donors (Lipinski definition) is 2. The fraction of sp³-hybridized carbons (Fsp3) is 0.200. The summed E-state index contributed by atoms with van der Waals surface area (Å²) >= 11 is 0. The van der Waals surface area contributed by atoms with Gasteiger partial charge in [0.25, 0.3) is 0 Å². The molecule has 0 saturated carbocycles. The second-order valence-electron chi connectivity index (χ2n) is 6.15. The van der Waals surface area contributed by atoms with Crippen molar-refractivity contribution in [1.29, 1.82) is 0 Å². The normalized spacial score (nSPS) is 14.6. The van der Waals surface area contributed by atoms with E-state index < -0.39 is 0 Å². The fourth-order valence-corrected chi connectivity index (χ4v) is 3.26. The lowest BCUT2D eigenvalue weighted by Crippen LogP contribution is -2.32. The van der Waals surface area contributed by atoms with Crippen LogP contribution in [-0.4, -0.2) is 11.5 Å². The topological polar surface area (TPSA) is 31.1 Å². The Hall–Kier alpha value is -2.68. The van der Waals surface area contributed by atoms with Gasteiger partial charge in [0.1, 0.15) is 0 Å². The summed E-state index contributed by atoms with van der Waals surface area (Å²) in [5, 5.41) is 3.56. The van der Waals surface area contributed by atoms with Crippen LogP contribution < -0.4 is 10.4 Å². The highest BCUT2D eigenvalue weighted by Crippen LogP contribution is 2.25. The van der Waals surface area contributed by atoms with Crippen LogP contribution in [0.4, 0.5) is 5.69 Å². The third-order valence-electron chi connectivity index (χ3n) is 4.57. The Kier molecular flexibility index (Phi) is 3.54. The first-order valence-electron chi connectivity index (χ1n) is 8.14. The van der Waals surface area contributed by atoms with Gasteiger partial charge in [0.15, 0.2) is 0 Å². The third-order valence-corrected chi connectivity index (χ3v) is 4.57. The third kappa shape index (κ3) is 2.70. The molecule has 0 saturated heterocycles. The molecule has 3 heteroatoms. The van der Waals surface area contributed by atoms with Crippen molar-refractivity contribution in [3.8, 4) is 0 Å². The number of nitrogens with zero attached hydrogens (tertiary/aromatic N) is 1. The number of fused-ring (bicyclic) bond motifs is 1. The summed E-state index contributed by atoms with van der Waals surface area (Å²) in [4.78, 5) is 3.36. The zero-order valence-corrected chi connectivity index (χ0v) is 13.3. The van der Waals surface area contributed by atoms with Crippen LogP contribution in [0, 0.1) is 0 Å². The van der Waals surface area contributed by atoms with Crippen LogP contribution in [0.3, 0.4) is 0 Å². The molecule has 0 bridgehead atoms. The van der Waals surface area contributed by atoms with E-state index in [1.165, 1.54) is 33.4 Å². The zero-order chi connectivity index (χ0) is 15.6. The van der Waals surface area contributed by atoms with Gasteiger partial charge >= 0.3 is 0 Å². The lowest BCUT2D eigenvalue weighted by Gasteiger charge is -2.20. The molecular weight excluding hydrogens is 282 g/mol. The lowest BCUT2D eigenvalue weighted by atomic mass is 10.1. The Labute approximate surface area is 136 Å². The van der Waals surface area contributed by atoms with Crippen LogP contribution >= 0.6 is 0 Å². The first-order chi connectivity index (χ1) is 11.3. The zero-order valence-electron chi connectivity index (χ0n) is 13.3. The number of hydrazine groups is 1. The van der Waals surface area contributed by atoms with Crippen LogP contribution in [0.1, 0.15) is 18.9 Å². The molecule has 3 aromatic rings. The van der Waals surface area contributed by atoms with Crippen molar-refractivity contribution in [3.63, 3.8) is 0 Å². The Bertz CT molecular complexity index is 845. The first-order valence-corrected chi connectivity index (χ1v) is 8.14. The smallest absolute Gasteiger partial charge is 0.0621 e. The molecule has 0 fully saturated rings. The van der Waals surface area contributed by atoms with Crippen molar-refractivity contribution in [2.45, 2.75) is 19.8 Å². The maximum Gasteiger partial charge on any atom is 0.0621 e. The average molecular weight is 303 g/mol. The Morgan fingerprint density at radius 2 is 1.74 bits per heavy atom. The van der Waals surface area contributed by atoms with E-state index in [0.717, 1.165) is 19.4 Å². The molecule has 2 aromatic carbocycles. The summed E-state index contributed by atoms with van der Waals surface area (Å²) in [5.74, 6) is 0. The summed E-state index contributed by atoms with van der Waals surface area (Å²) in [6.45, 7) is 3.17. The number of nitrogens with one attached hydrogen (secondary N) is 2. The van der Waals surface area contributed by atoms with E-state index in [-0.39, 0.29) is 0 Å². The maximum atomic E-state index is 3.57. The standard InChI is InChI=1S/C20H21N3/c1-15-14-23(17-7-3-2-4-8-17)22-19(15)12-11-16-13-21-20-10-6-5-9-18(16)20/h2-10,13,21-22H,11-12,14H2,1H3. The molecule has 0 unspecified atom stereocenters. The number of allylic oxidation sites excluding steroid dienone is 1. The summed E-state index contributed by atoms with van der Waals surface area (Å²) in [5.41, 5.74) is 10.2. The highest BCUT2D eigenvalue weighted by atomic mass is 15.5. The average Bonchev–Trinajstić information content (AvgIpc) is 3.17. The molecule has 0 atom stereocenters. The predicted molar refractivity (Wildman–Crippen MR) is 96.2 cm³/mol. The highest BCUT2D eigenvalue weighted by molar-refractivity contribution is 5.83. The summed E-state index contributed by atoms with van der Waals surface area (Å²) < 4.78 is 0. The second kappa shape index (κ2) is 5.84. The molecule has 2 heterocycles. The SMILES string of the molecule is CC1=C(CCc2c[nH]c3ccccc23)NN(c2ccccc2)C1. The van der Waals surface area contributed by atoms with E-state index in [1.54, 1.807) is 0 Å². The van der Waals surface area contributed by atoms with Crippen molar-refractivity contribution in [2.75, 3.05) is 11.6 Å². The largest absolute Gasteiger partial charge is 0.361 e. The molecule has 3 nitrogen and oxygen atoms in total. The Balaban J connectivity index is 1.46. The number of aromatic nitrogens is 1. The van der Waals surface area contributed by atoms with Crippen molar-refractivity contribution in [2.24, 2.45) is 0 Å². The highest BCUT2D eigenvalue weighted by Gasteiger charge is 2.18. The second-order valence-corrected chi connectivity index (χ2v) is 6.15.